The molecule has 0 bridgehead atoms. The van der Waals surface area contributed by atoms with Gasteiger partial charge in [0.25, 0.3) is 0 Å². The summed E-state index contributed by atoms with van der Waals surface area (Å²) in [6, 6.07) is 4.94. The van der Waals surface area contributed by atoms with Crippen molar-refractivity contribution in [3.8, 4) is 0 Å². The highest BCUT2D eigenvalue weighted by Gasteiger charge is 2.11. The average Bonchev–Trinajstić information content (AvgIpc) is 2.49. The summed E-state index contributed by atoms with van der Waals surface area (Å²) in [5.41, 5.74) is 0.824. The number of hydrogen-bond acceptors (Lipinski definition) is 2. The number of fused-ring (bicyclic) bond motifs is 1. The van der Waals surface area contributed by atoms with Gasteiger partial charge in [0.05, 0.1) is 11.8 Å². The molecule has 1 aromatic carbocycles. The predicted molar refractivity (Wildman–Crippen MR) is 50.9 cm³/mol. The summed E-state index contributed by atoms with van der Waals surface area (Å²) in [7, 11) is 0. The Balaban J connectivity index is 2.84. The van der Waals surface area contributed by atoms with Gasteiger partial charge < -0.3 is 9.52 Å². The quantitative estimate of drug-likeness (QED) is 0.834. The monoisotopic (exact) mass is 240 g/mol. The van der Waals surface area contributed by atoms with E-state index >= 15 is 0 Å². The Hall–Kier alpha value is -1.29. The number of carboxylic acids is 1. The zero-order valence-corrected chi connectivity index (χ0v) is 8.04. The molecule has 2 rings (SSSR count). The zero-order valence-electron chi connectivity index (χ0n) is 6.45. The first-order chi connectivity index (χ1) is 6.18. The second kappa shape index (κ2) is 2.88. The van der Waals surface area contributed by atoms with Crippen LogP contribution in [0.1, 0.15) is 10.4 Å². The van der Waals surface area contributed by atoms with Crippen molar-refractivity contribution in [3.05, 3.63) is 34.5 Å². The van der Waals surface area contributed by atoms with Crippen LogP contribution in [0.25, 0.3) is 11.0 Å². The highest BCUT2D eigenvalue weighted by Crippen LogP contribution is 2.25. The average molecular weight is 241 g/mol. The third kappa shape index (κ3) is 1.33. The molecule has 0 saturated heterocycles. The van der Waals surface area contributed by atoms with Gasteiger partial charge >= 0.3 is 5.97 Å². The molecule has 0 fully saturated rings. The Morgan fingerprint density at radius 1 is 1.46 bits per heavy atom. The molecule has 0 saturated carbocycles. The molecule has 0 spiro atoms. The van der Waals surface area contributed by atoms with Crippen molar-refractivity contribution >= 4 is 32.9 Å². The zero-order chi connectivity index (χ0) is 9.42. The van der Waals surface area contributed by atoms with E-state index in [-0.39, 0.29) is 5.56 Å². The van der Waals surface area contributed by atoms with Gasteiger partial charge in [-0.2, -0.15) is 0 Å². The molecule has 0 aliphatic rings. The normalized spacial score (nSPS) is 10.5. The van der Waals surface area contributed by atoms with Crippen LogP contribution in [0, 0.1) is 0 Å². The highest BCUT2D eigenvalue weighted by atomic mass is 79.9. The van der Waals surface area contributed by atoms with Crippen molar-refractivity contribution in [2.45, 2.75) is 0 Å². The third-order valence-corrected chi connectivity index (χ3v) is 2.22. The van der Waals surface area contributed by atoms with Crippen LogP contribution in [-0.2, 0) is 0 Å². The van der Waals surface area contributed by atoms with E-state index in [1.54, 1.807) is 18.2 Å². The summed E-state index contributed by atoms with van der Waals surface area (Å²) < 4.78 is 5.80. The Morgan fingerprint density at radius 2 is 2.23 bits per heavy atom. The Bertz CT molecular complexity index is 473. The Kier molecular flexibility index (Phi) is 1.84. The van der Waals surface area contributed by atoms with Gasteiger partial charge in [-0.25, -0.2) is 4.79 Å². The largest absolute Gasteiger partial charge is 0.478 e. The number of aromatic carboxylic acids is 1. The molecule has 4 heteroatoms. The topological polar surface area (TPSA) is 50.4 Å². The molecule has 0 amide bonds. The van der Waals surface area contributed by atoms with Gasteiger partial charge in [-0.05, 0) is 18.2 Å². The summed E-state index contributed by atoms with van der Waals surface area (Å²) >= 11 is 3.21. The molecular weight excluding hydrogens is 236 g/mol. The minimum absolute atomic E-state index is 0.248. The van der Waals surface area contributed by atoms with E-state index < -0.39 is 5.97 Å². The van der Waals surface area contributed by atoms with Gasteiger partial charge in [-0.3, -0.25) is 0 Å². The van der Waals surface area contributed by atoms with Crippen molar-refractivity contribution in [3.63, 3.8) is 0 Å². The maximum Gasteiger partial charge on any atom is 0.336 e. The summed E-state index contributed by atoms with van der Waals surface area (Å²) in [4.78, 5) is 10.8. The first-order valence-electron chi connectivity index (χ1n) is 3.58. The van der Waals surface area contributed by atoms with E-state index in [0.29, 0.717) is 15.4 Å². The summed E-state index contributed by atoms with van der Waals surface area (Å²) in [6.45, 7) is 0. The molecule has 0 unspecified atom stereocenters. The lowest BCUT2D eigenvalue weighted by atomic mass is 10.1. The Labute approximate surface area is 82.1 Å². The van der Waals surface area contributed by atoms with Crippen LogP contribution in [0.5, 0.6) is 0 Å². The van der Waals surface area contributed by atoms with Crippen LogP contribution < -0.4 is 0 Å². The molecule has 66 valence electrons. The first kappa shape index (κ1) is 8.31. The maximum atomic E-state index is 10.8. The van der Waals surface area contributed by atoms with E-state index in [9.17, 15) is 4.79 Å². The molecule has 13 heavy (non-hydrogen) atoms. The molecule has 0 aliphatic heterocycles. The first-order valence-corrected chi connectivity index (χ1v) is 4.38. The van der Waals surface area contributed by atoms with Gasteiger partial charge in [0.15, 0.2) is 0 Å². The van der Waals surface area contributed by atoms with Crippen LogP contribution in [0.15, 0.2) is 33.4 Å². The fraction of sp³-hybridized carbons (Fsp3) is 0. The van der Waals surface area contributed by atoms with E-state index in [1.807, 2.05) is 0 Å². The lowest BCUT2D eigenvalue weighted by Crippen LogP contribution is -1.96. The summed E-state index contributed by atoms with van der Waals surface area (Å²) in [5.74, 6) is -0.951. The van der Waals surface area contributed by atoms with Crippen molar-refractivity contribution in [1.82, 2.24) is 0 Å². The second-order valence-electron chi connectivity index (χ2n) is 2.59. The smallest absolute Gasteiger partial charge is 0.336 e. The summed E-state index contributed by atoms with van der Waals surface area (Å²) in [6.07, 6.45) is 1.48. The number of hydrogen-bond donors (Lipinski definition) is 1. The maximum absolute atomic E-state index is 10.8. The number of halogens is 1. The molecule has 0 aliphatic carbocycles. The van der Waals surface area contributed by atoms with Crippen molar-refractivity contribution in [2.75, 3.05) is 0 Å². The van der Waals surface area contributed by atoms with Gasteiger partial charge in [-0.15, -0.1) is 0 Å². The van der Waals surface area contributed by atoms with Gasteiger partial charge in [0, 0.05) is 9.86 Å². The third-order valence-electron chi connectivity index (χ3n) is 1.77. The SMILES string of the molecule is O=C(O)c1cc(Br)cc2occc12. The summed E-state index contributed by atoms with van der Waals surface area (Å²) in [5, 5.41) is 9.48. The van der Waals surface area contributed by atoms with Crippen LogP contribution in [0.4, 0.5) is 0 Å². The van der Waals surface area contributed by atoms with Crippen LogP contribution in [0.3, 0.4) is 0 Å². The molecule has 1 N–H and O–H groups in total. The molecule has 0 radical (unpaired) electrons. The second-order valence-corrected chi connectivity index (χ2v) is 3.51. The van der Waals surface area contributed by atoms with Crippen molar-refractivity contribution < 1.29 is 14.3 Å². The number of rotatable bonds is 1. The minimum atomic E-state index is -0.951. The van der Waals surface area contributed by atoms with Crippen LogP contribution in [-0.4, -0.2) is 11.1 Å². The number of furan rings is 1. The number of carbonyl (C=O) groups is 1. The van der Waals surface area contributed by atoms with Crippen LogP contribution >= 0.6 is 15.9 Å². The fourth-order valence-electron chi connectivity index (χ4n) is 1.21. The minimum Gasteiger partial charge on any atom is -0.478 e. The van der Waals surface area contributed by atoms with Gasteiger partial charge in [-0.1, -0.05) is 15.9 Å². The molecule has 3 nitrogen and oxygen atoms in total. The van der Waals surface area contributed by atoms with Crippen molar-refractivity contribution in [2.24, 2.45) is 0 Å². The fourth-order valence-corrected chi connectivity index (χ4v) is 1.65. The lowest BCUT2D eigenvalue weighted by molar-refractivity contribution is 0.0699. The molecule has 2 aromatic rings. The predicted octanol–water partition coefficient (Wildman–Crippen LogP) is 2.89. The molecular formula is C9H5BrO3. The van der Waals surface area contributed by atoms with Crippen molar-refractivity contribution in [1.29, 1.82) is 0 Å². The lowest BCUT2D eigenvalue weighted by Gasteiger charge is -1.97. The standard InChI is InChI=1S/C9H5BrO3/c10-5-3-7(9(11)12)6-1-2-13-8(6)4-5/h1-4H,(H,11,12). The molecule has 0 atom stereocenters. The number of benzene rings is 1. The highest BCUT2D eigenvalue weighted by molar-refractivity contribution is 9.10. The number of carboxylic acid groups (broad SMARTS) is 1. The van der Waals surface area contributed by atoms with Gasteiger partial charge in [0.2, 0.25) is 0 Å². The van der Waals surface area contributed by atoms with E-state index in [2.05, 4.69) is 15.9 Å². The molecule has 1 heterocycles. The van der Waals surface area contributed by atoms with Crippen LogP contribution in [0.2, 0.25) is 0 Å². The van der Waals surface area contributed by atoms with E-state index in [4.69, 9.17) is 9.52 Å². The van der Waals surface area contributed by atoms with E-state index in [0.717, 1.165) is 0 Å². The van der Waals surface area contributed by atoms with Gasteiger partial charge in [0.1, 0.15) is 5.58 Å². The van der Waals surface area contributed by atoms with E-state index in [1.165, 1.54) is 6.26 Å². The Morgan fingerprint density at radius 3 is 2.92 bits per heavy atom. The molecule has 1 aromatic heterocycles.